The highest BCUT2D eigenvalue weighted by molar-refractivity contribution is 8.14. The summed E-state index contributed by atoms with van der Waals surface area (Å²) >= 11 is 7.72. The van der Waals surface area contributed by atoms with Crippen LogP contribution in [0.3, 0.4) is 0 Å². The molecule has 0 fully saturated rings. The number of hydrogen-bond acceptors (Lipinski definition) is 6. The molecule has 0 spiro atoms. The Morgan fingerprint density at radius 2 is 2.00 bits per heavy atom. The summed E-state index contributed by atoms with van der Waals surface area (Å²) in [7, 11) is 1.54. The highest BCUT2D eigenvalue weighted by atomic mass is 35.5. The topological polar surface area (TPSA) is 64.3 Å². The summed E-state index contributed by atoms with van der Waals surface area (Å²) < 4.78 is 16.3. The molecular weight excluding hydrogens is 436 g/mol. The van der Waals surface area contributed by atoms with E-state index in [0.717, 1.165) is 5.75 Å². The average molecular weight is 455 g/mol. The van der Waals surface area contributed by atoms with E-state index in [4.69, 9.17) is 25.5 Å². The minimum absolute atomic E-state index is 0.260. The Morgan fingerprint density at radius 3 is 2.71 bits per heavy atom. The number of aliphatic imine (C=N–C) groups is 1. The van der Waals surface area contributed by atoms with Crippen molar-refractivity contribution in [3.8, 4) is 11.5 Å². The fourth-order valence-corrected chi connectivity index (χ4v) is 4.01. The van der Waals surface area contributed by atoms with E-state index >= 15 is 0 Å². The third kappa shape index (κ3) is 4.95. The van der Waals surface area contributed by atoms with Crippen molar-refractivity contribution in [2.45, 2.75) is 0 Å². The van der Waals surface area contributed by atoms with Gasteiger partial charge in [-0.25, -0.2) is 4.99 Å². The smallest absolute Gasteiger partial charge is 0.283 e. The van der Waals surface area contributed by atoms with Crippen molar-refractivity contribution in [2.24, 2.45) is 4.99 Å². The lowest BCUT2D eigenvalue weighted by Gasteiger charge is -2.18. The summed E-state index contributed by atoms with van der Waals surface area (Å²) in [5.74, 6) is 2.23. The summed E-state index contributed by atoms with van der Waals surface area (Å²) in [5.41, 5.74) is 0.891. The number of thioether (sulfide) groups is 1. The van der Waals surface area contributed by atoms with Crippen molar-refractivity contribution in [3.63, 3.8) is 0 Å². The van der Waals surface area contributed by atoms with Crippen molar-refractivity contribution in [2.75, 3.05) is 24.4 Å². The number of carbonyl (C=O) groups is 1. The van der Waals surface area contributed by atoms with Crippen LogP contribution in [-0.4, -0.2) is 30.5 Å². The van der Waals surface area contributed by atoms with E-state index in [1.54, 1.807) is 49.8 Å². The third-order valence-corrected chi connectivity index (χ3v) is 5.57. The maximum atomic E-state index is 13.1. The summed E-state index contributed by atoms with van der Waals surface area (Å²) in [6.07, 6.45) is 3.17. The Balaban J connectivity index is 1.54. The van der Waals surface area contributed by atoms with Gasteiger partial charge < -0.3 is 13.9 Å². The molecule has 0 atom stereocenters. The minimum atomic E-state index is -0.260. The van der Waals surface area contributed by atoms with E-state index in [1.807, 2.05) is 30.3 Å². The van der Waals surface area contributed by atoms with Crippen LogP contribution in [0.2, 0.25) is 5.02 Å². The molecule has 0 aliphatic carbocycles. The molecule has 1 aliphatic rings. The molecule has 1 amide bonds. The number of nitrogens with zero attached hydrogens (tertiary/aromatic N) is 2. The van der Waals surface area contributed by atoms with E-state index in [1.165, 1.54) is 16.7 Å². The van der Waals surface area contributed by atoms with Crippen molar-refractivity contribution < 1.29 is 18.7 Å². The van der Waals surface area contributed by atoms with Crippen LogP contribution in [0.15, 0.2) is 82.0 Å². The van der Waals surface area contributed by atoms with Crippen LogP contribution >= 0.6 is 23.4 Å². The molecule has 3 aromatic rings. The molecule has 0 saturated heterocycles. The van der Waals surface area contributed by atoms with Gasteiger partial charge >= 0.3 is 0 Å². The number of benzene rings is 2. The lowest BCUT2D eigenvalue weighted by Crippen LogP contribution is -2.30. The maximum Gasteiger partial charge on any atom is 0.283 e. The number of para-hydroxylation sites is 1. The number of amides is 1. The third-order valence-electron chi connectivity index (χ3n) is 4.37. The lowest BCUT2D eigenvalue weighted by molar-refractivity contribution is -0.113. The molecule has 0 N–H and O–H groups in total. The van der Waals surface area contributed by atoms with Gasteiger partial charge in [-0.1, -0.05) is 41.6 Å². The molecule has 2 aromatic carbocycles. The molecule has 0 saturated carbocycles. The monoisotopic (exact) mass is 454 g/mol. The Bertz CT molecular complexity index is 1110. The van der Waals surface area contributed by atoms with Gasteiger partial charge in [0.25, 0.3) is 5.91 Å². The number of hydrogen-bond donors (Lipinski definition) is 0. The van der Waals surface area contributed by atoms with Gasteiger partial charge in [-0.15, -0.1) is 0 Å². The number of methoxy groups -OCH3 is 1. The molecule has 4 rings (SSSR count). The molecule has 2 heterocycles. The molecule has 8 heteroatoms. The van der Waals surface area contributed by atoms with E-state index in [0.29, 0.717) is 39.7 Å². The maximum absolute atomic E-state index is 13.1. The molecule has 158 valence electrons. The van der Waals surface area contributed by atoms with Crippen LogP contribution in [0, 0.1) is 0 Å². The molecular formula is C23H19ClN2O4S. The Morgan fingerprint density at radius 1 is 1.16 bits per heavy atom. The van der Waals surface area contributed by atoms with E-state index < -0.39 is 0 Å². The largest absolute Gasteiger partial charge is 0.495 e. The summed E-state index contributed by atoms with van der Waals surface area (Å²) in [5, 5.41) is 0.953. The normalized spacial score (nSPS) is 14.8. The van der Waals surface area contributed by atoms with Gasteiger partial charge in [0, 0.05) is 11.8 Å². The molecule has 0 bridgehead atoms. The zero-order chi connectivity index (χ0) is 21.6. The minimum Gasteiger partial charge on any atom is -0.495 e. The molecule has 1 aliphatic heterocycles. The number of furan rings is 1. The number of anilines is 1. The first-order valence-corrected chi connectivity index (χ1v) is 10.8. The summed E-state index contributed by atoms with van der Waals surface area (Å²) in [6.45, 7) is 0.469. The first-order chi connectivity index (χ1) is 15.2. The van der Waals surface area contributed by atoms with E-state index in [2.05, 4.69) is 4.99 Å². The first kappa shape index (κ1) is 21.1. The average Bonchev–Trinajstić information content (AvgIpc) is 3.40. The number of carbonyl (C=O) groups excluding carboxylic acids is 1. The predicted molar refractivity (Wildman–Crippen MR) is 124 cm³/mol. The van der Waals surface area contributed by atoms with Crippen molar-refractivity contribution in [1.82, 2.24) is 0 Å². The van der Waals surface area contributed by atoms with Crippen molar-refractivity contribution in [3.05, 3.63) is 83.4 Å². The Kier molecular flexibility index (Phi) is 6.64. The number of ether oxygens (including phenoxy) is 2. The molecule has 31 heavy (non-hydrogen) atoms. The van der Waals surface area contributed by atoms with Gasteiger partial charge in [-0.05, 0) is 42.5 Å². The van der Waals surface area contributed by atoms with Gasteiger partial charge in [-0.2, -0.15) is 0 Å². The zero-order valence-electron chi connectivity index (χ0n) is 16.7. The molecule has 0 unspecified atom stereocenters. The molecule has 6 nitrogen and oxygen atoms in total. The second-order valence-corrected chi connectivity index (χ2v) is 7.88. The quantitative estimate of drug-likeness (QED) is 0.348. The standard InChI is InChI=1S/C23H19ClN2O4S/c1-28-21-10-9-16(14-19(21)24)26-22(27)20(15-18-8-5-11-29-18)25-23(26)31-13-12-30-17-6-3-2-4-7-17/h2-11,14-15H,12-13H2,1H3/b20-15-. The van der Waals surface area contributed by atoms with E-state index in [-0.39, 0.29) is 11.6 Å². The zero-order valence-corrected chi connectivity index (χ0v) is 18.2. The lowest BCUT2D eigenvalue weighted by atomic mass is 10.2. The van der Waals surface area contributed by atoms with Crippen LogP contribution in [0.25, 0.3) is 6.08 Å². The van der Waals surface area contributed by atoms with Crippen LogP contribution in [0.4, 0.5) is 5.69 Å². The molecule has 0 radical (unpaired) electrons. The van der Waals surface area contributed by atoms with Crippen molar-refractivity contribution in [1.29, 1.82) is 0 Å². The highest BCUT2D eigenvalue weighted by Gasteiger charge is 2.32. The number of amidine groups is 1. The Labute approximate surface area is 189 Å². The van der Waals surface area contributed by atoms with Crippen LogP contribution in [0.5, 0.6) is 11.5 Å². The van der Waals surface area contributed by atoms with Crippen LogP contribution < -0.4 is 14.4 Å². The van der Waals surface area contributed by atoms with Crippen LogP contribution in [-0.2, 0) is 4.79 Å². The summed E-state index contributed by atoms with van der Waals surface area (Å²) in [6, 6.07) is 18.3. The van der Waals surface area contributed by atoms with Gasteiger partial charge in [0.05, 0.1) is 30.7 Å². The van der Waals surface area contributed by atoms with Gasteiger partial charge in [0.1, 0.15) is 23.0 Å². The Hall–Kier alpha value is -3.16. The van der Waals surface area contributed by atoms with E-state index in [9.17, 15) is 4.79 Å². The predicted octanol–water partition coefficient (Wildman–Crippen LogP) is 5.50. The van der Waals surface area contributed by atoms with Gasteiger partial charge in [0.15, 0.2) is 5.17 Å². The number of rotatable bonds is 7. The fraction of sp³-hybridized carbons (Fsp3) is 0.130. The summed E-state index contributed by atoms with van der Waals surface area (Å²) in [4.78, 5) is 19.2. The molecule has 1 aromatic heterocycles. The van der Waals surface area contributed by atoms with Crippen molar-refractivity contribution >= 4 is 46.2 Å². The highest BCUT2D eigenvalue weighted by Crippen LogP contribution is 2.34. The first-order valence-electron chi connectivity index (χ1n) is 9.48. The van der Waals surface area contributed by atoms with Gasteiger partial charge in [-0.3, -0.25) is 9.69 Å². The second kappa shape index (κ2) is 9.76. The SMILES string of the molecule is COc1ccc(N2C(=O)/C(=C/c3ccco3)N=C2SCCOc2ccccc2)cc1Cl. The van der Waals surface area contributed by atoms with Gasteiger partial charge in [0.2, 0.25) is 0 Å². The van der Waals surface area contributed by atoms with Crippen LogP contribution in [0.1, 0.15) is 5.76 Å². The number of halogens is 1. The second-order valence-electron chi connectivity index (χ2n) is 6.41. The fourth-order valence-electron chi connectivity index (χ4n) is 2.93.